The molecule has 1 aromatic carbocycles. The number of nitrogens with one attached hydrogen (secondary N) is 3. The summed E-state index contributed by atoms with van der Waals surface area (Å²) in [5.74, 6) is -2.59. The van der Waals surface area contributed by atoms with Gasteiger partial charge in [-0.2, -0.15) is 0 Å². The van der Waals surface area contributed by atoms with Crippen molar-refractivity contribution in [2.45, 2.75) is 44.3 Å². The lowest BCUT2D eigenvalue weighted by Gasteiger charge is -2.22. The fraction of sp³-hybridized carbons (Fsp3) is 0.500. The molecule has 0 heterocycles. The molecule has 0 unspecified atom stereocenters. The molecule has 0 atom stereocenters. The number of hydrazine groups is 1. The molecule has 2 amide bonds. The molecule has 1 aromatic rings. The first-order chi connectivity index (χ1) is 12.3. The number of halogens is 2. The summed E-state index contributed by atoms with van der Waals surface area (Å²) >= 11 is 5.75. The molecule has 0 spiro atoms. The van der Waals surface area contributed by atoms with E-state index in [1.54, 1.807) is 6.92 Å². The summed E-state index contributed by atoms with van der Waals surface area (Å²) in [6.45, 7) is 2.05. The lowest BCUT2D eigenvalue weighted by atomic mass is 10.0. The zero-order chi connectivity index (χ0) is 19.3. The van der Waals surface area contributed by atoms with Crippen LogP contribution in [0.3, 0.4) is 0 Å². The number of benzene rings is 1. The summed E-state index contributed by atoms with van der Waals surface area (Å²) in [5, 5.41) is 1.51. The first kappa shape index (κ1) is 20.6. The third-order valence-corrected chi connectivity index (χ3v) is 6.18. The molecular weight excluding hydrogens is 385 g/mol. The topological polar surface area (TPSA) is 104 Å². The van der Waals surface area contributed by atoms with Crippen LogP contribution in [0.15, 0.2) is 12.1 Å². The standard InChI is InChI=1S/C16H21ClFN3O4S/c1-2-19-15(22)10-8-12(14(18)13(17)9-10)16(23)20-21-26(24,25)11-6-4-3-5-7-11/h8-9,11,21H,2-7H2,1H3,(H,19,22)(H,20,23). The predicted octanol–water partition coefficient (Wildman–Crippen LogP) is 2.13. The van der Waals surface area contributed by atoms with Crippen LogP contribution >= 0.6 is 11.6 Å². The summed E-state index contributed by atoms with van der Waals surface area (Å²) in [5.41, 5.74) is 1.47. The number of rotatable bonds is 6. The molecule has 26 heavy (non-hydrogen) atoms. The van der Waals surface area contributed by atoms with E-state index in [1.165, 1.54) is 0 Å². The van der Waals surface area contributed by atoms with Crippen LogP contribution in [0.5, 0.6) is 0 Å². The van der Waals surface area contributed by atoms with Gasteiger partial charge in [0.1, 0.15) is 0 Å². The molecule has 0 saturated heterocycles. The second-order valence-electron chi connectivity index (χ2n) is 6.04. The molecule has 1 fully saturated rings. The maximum atomic E-state index is 14.2. The highest BCUT2D eigenvalue weighted by Gasteiger charge is 2.28. The van der Waals surface area contributed by atoms with Gasteiger partial charge in [0.25, 0.3) is 11.8 Å². The summed E-state index contributed by atoms with van der Waals surface area (Å²) < 4.78 is 38.6. The van der Waals surface area contributed by atoms with Gasteiger partial charge in [-0.05, 0) is 31.9 Å². The van der Waals surface area contributed by atoms with Crippen LogP contribution < -0.4 is 15.6 Å². The molecule has 0 aliphatic heterocycles. The van der Waals surface area contributed by atoms with Gasteiger partial charge in [-0.3, -0.25) is 15.0 Å². The molecular formula is C16H21ClFN3O4S. The molecule has 2 rings (SSSR count). The Hall–Kier alpha value is -1.71. The minimum Gasteiger partial charge on any atom is -0.352 e. The van der Waals surface area contributed by atoms with Gasteiger partial charge in [0.2, 0.25) is 10.0 Å². The number of carbonyl (C=O) groups is 2. The molecule has 0 bridgehead atoms. The molecule has 7 nitrogen and oxygen atoms in total. The van der Waals surface area contributed by atoms with E-state index in [2.05, 4.69) is 5.32 Å². The molecule has 10 heteroatoms. The van der Waals surface area contributed by atoms with Crippen LogP contribution in [-0.2, 0) is 10.0 Å². The largest absolute Gasteiger partial charge is 0.352 e. The third kappa shape index (κ3) is 4.93. The van der Waals surface area contributed by atoms with E-state index in [9.17, 15) is 22.4 Å². The van der Waals surface area contributed by atoms with Crippen LogP contribution in [0, 0.1) is 5.82 Å². The first-order valence-electron chi connectivity index (χ1n) is 8.34. The zero-order valence-electron chi connectivity index (χ0n) is 14.3. The lowest BCUT2D eigenvalue weighted by Crippen LogP contribution is -2.46. The van der Waals surface area contributed by atoms with Crippen molar-refractivity contribution in [1.29, 1.82) is 0 Å². The van der Waals surface area contributed by atoms with E-state index >= 15 is 0 Å². The molecule has 1 aliphatic carbocycles. The zero-order valence-corrected chi connectivity index (χ0v) is 15.8. The van der Waals surface area contributed by atoms with Crippen molar-refractivity contribution in [2.24, 2.45) is 0 Å². The van der Waals surface area contributed by atoms with Crippen LogP contribution in [0.1, 0.15) is 59.7 Å². The predicted molar refractivity (Wildman–Crippen MR) is 95.8 cm³/mol. The van der Waals surface area contributed by atoms with Crippen molar-refractivity contribution in [1.82, 2.24) is 15.6 Å². The van der Waals surface area contributed by atoms with E-state index in [-0.39, 0.29) is 5.56 Å². The molecule has 1 aliphatic rings. The second-order valence-corrected chi connectivity index (χ2v) is 8.41. The van der Waals surface area contributed by atoms with Crippen molar-refractivity contribution in [3.05, 3.63) is 34.1 Å². The summed E-state index contributed by atoms with van der Waals surface area (Å²) in [4.78, 5) is 26.1. The summed E-state index contributed by atoms with van der Waals surface area (Å²) in [6, 6.07) is 2.13. The van der Waals surface area contributed by atoms with E-state index in [0.29, 0.717) is 19.4 Å². The van der Waals surface area contributed by atoms with Gasteiger partial charge >= 0.3 is 0 Å². The number of hydrogen-bond acceptors (Lipinski definition) is 4. The van der Waals surface area contributed by atoms with Gasteiger partial charge in [0.05, 0.1) is 15.8 Å². The molecule has 0 aromatic heterocycles. The Morgan fingerprint density at radius 2 is 1.85 bits per heavy atom. The fourth-order valence-electron chi connectivity index (χ4n) is 2.79. The minimum atomic E-state index is -3.76. The molecule has 144 valence electrons. The summed E-state index contributed by atoms with van der Waals surface area (Å²) in [6.07, 6.45) is 3.61. The average Bonchev–Trinajstić information content (AvgIpc) is 2.63. The average molecular weight is 406 g/mol. The Balaban J connectivity index is 2.14. The monoisotopic (exact) mass is 405 g/mol. The van der Waals surface area contributed by atoms with Crippen molar-refractivity contribution >= 4 is 33.4 Å². The van der Waals surface area contributed by atoms with Gasteiger partial charge in [-0.15, -0.1) is 4.83 Å². The number of carbonyl (C=O) groups excluding carboxylic acids is 2. The van der Waals surface area contributed by atoms with Crippen molar-refractivity contribution in [3.63, 3.8) is 0 Å². The quantitative estimate of drug-likeness (QED) is 0.630. The van der Waals surface area contributed by atoms with Crippen molar-refractivity contribution in [3.8, 4) is 0 Å². The normalized spacial score (nSPS) is 15.5. The number of hydrogen-bond donors (Lipinski definition) is 3. The SMILES string of the molecule is CCNC(=O)c1cc(Cl)c(F)c(C(=O)NNS(=O)(=O)C2CCCCC2)c1. The molecule has 1 saturated carbocycles. The lowest BCUT2D eigenvalue weighted by molar-refractivity contribution is 0.0941. The first-order valence-corrected chi connectivity index (χ1v) is 10.3. The van der Waals surface area contributed by atoms with Crippen LogP contribution in [0.2, 0.25) is 5.02 Å². The van der Waals surface area contributed by atoms with Crippen LogP contribution in [0.25, 0.3) is 0 Å². The van der Waals surface area contributed by atoms with Gasteiger partial charge in [0.15, 0.2) is 5.82 Å². The Morgan fingerprint density at radius 1 is 1.19 bits per heavy atom. The maximum absolute atomic E-state index is 14.2. The fourth-order valence-corrected chi connectivity index (χ4v) is 4.37. The maximum Gasteiger partial charge on any atom is 0.269 e. The van der Waals surface area contributed by atoms with E-state index in [4.69, 9.17) is 11.6 Å². The van der Waals surface area contributed by atoms with Crippen molar-refractivity contribution < 1.29 is 22.4 Å². The highest BCUT2D eigenvalue weighted by Crippen LogP contribution is 2.23. The molecule has 3 N–H and O–H groups in total. The van der Waals surface area contributed by atoms with E-state index in [0.717, 1.165) is 31.4 Å². The smallest absolute Gasteiger partial charge is 0.269 e. The highest BCUT2D eigenvalue weighted by molar-refractivity contribution is 7.90. The van der Waals surface area contributed by atoms with Crippen molar-refractivity contribution in [2.75, 3.05) is 6.54 Å². The Labute approximate surface area is 156 Å². The second kappa shape index (κ2) is 8.79. The van der Waals surface area contributed by atoms with Gasteiger partial charge in [-0.1, -0.05) is 30.9 Å². The van der Waals surface area contributed by atoms with E-state index in [1.807, 2.05) is 10.3 Å². The van der Waals surface area contributed by atoms with Crippen LogP contribution in [-0.4, -0.2) is 32.0 Å². The third-order valence-electron chi connectivity index (χ3n) is 4.17. The Bertz CT molecular complexity index is 795. The minimum absolute atomic E-state index is 0.00135. The number of sulfonamides is 1. The van der Waals surface area contributed by atoms with Gasteiger partial charge in [-0.25, -0.2) is 12.8 Å². The van der Waals surface area contributed by atoms with Gasteiger partial charge < -0.3 is 5.32 Å². The summed E-state index contributed by atoms with van der Waals surface area (Å²) in [7, 11) is -3.76. The van der Waals surface area contributed by atoms with Gasteiger partial charge in [0, 0.05) is 12.1 Å². The molecule has 0 radical (unpaired) electrons. The van der Waals surface area contributed by atoms with E-state index < -0.39 is 43.5 Å². The Kier molecular flexibility index (Phi) is 6.96. The number of amides is 2. The van der Waals surface area contributed by atoms with Crippen LogP contribution in [0.4, 0.5) is 4.39 Å². The highest BCUT2D eigenvalue weighted by atomic mass is 35.5. The Morgan fingerprint density at radius 3 is 2.46 bits per heavy atom.